The molecular weight excluding hydrogens is 468 g/mol. The van der Waals surface area contributed by atoms with Gasteiger partial charge in [0.1, 0.15) is 17.5 Å². The number of ether oxygens (including phenoxy) is 3. The first-order valence-corrected chi connectivity index (χ1v) is 11.5. The third-order valence-electron chi connectivity index (χ3n) is 6.08. The van der Waals surface area contributed by atoms with E-state index in [9.17, 15) is 19.2 Å². The molecule has 11 nitrogen and oxygen atoms in total. The van der Waals surface area contributed by atoms with E-state index in [-0.39, 0.29) is 50.7 Å². The number of carbonyl (C=O) groups excluding carboxylic acids is 4. The van der Waals surface area contributed by atoms with Crippen LogP contribution >= 0.6 is 0 Å². The first-order valence-electron chi connectivity index (χ1n) is 11.5. The van der Waals surface area contributed by atoms with E-state index in [0.29, 0.717) is 23.5 Å². The number of urea groups is 1. The van der Waals surface area contributed by atoms with Crippen molar-refractivity contribution in [2.75, 3.05) is 21.0 Å². The van der Waals surface area contributed by atoms with Gasteiger partial charge >= 0.3 is 6.03 Å². The predicted molar refractivity (Wildman–Crippen MR) is 127 cm³/mol. The fourth-order valence-corrected chi connectivity index (χ4v) is 4.24. The van der Waals surface area contributed by atoms with E-state index < -0.39 is 11.9 Å². The van der Waals surface area contributed by atoms with Crippen LogP contribution in [0.1, 0.15) is 39.9 Å². The monoisotopic (exact) mass is 496 g/mol. The van der Waals surface area contributed by atoms with Gasteiger partial charge in [-0.15, -0.1) is 0 Å². The van der Waals surface area contributed by atoms with Gasteiger partial charge in [-0.05, 0) is 41.8 Å². The second-order valence-corrected chi connectivity index (χ2v) is 8.45. The van der Waals surface area contributed by atoms with Crippen molar-refractivity contribution in [3.05, 3.63) is 58.7 Å². The van der Waals surface area contributed by atoms with E-state index in [2.05, 4.69) is 16.0 Å². The molecule has 11 heteroatoms. The molecule has 1 atom stereocenters. The fourth-order valence-electron chi connectivity index (χ4n) is 4.24. The summed E-state index contributed by atoms with van der Waals surface area (Å²) in [5.41, 5.74) is 2.84. The number of imide groups is 1. The predicted octanol–water partition coefficient (Wildman–Crippen LogP) is 1.44. The van der Waals surface area contributed by atoms with E-state index in [1.807, 2.05) is 6.07 Å². The Morgan fingerprint density at radius 1 is 1.08 bits per heavy atom. The Hall–Kier alpha value is -4.12. The molecule has 0 bridgehead atoms. The van der Waals surface area contributed by atoms with Crippen molar-refractivity contribution in [3.8, 4) is 11.5 Å². The number of fused-ring (bicyclic) bond motifs is 1. The number of nitrogens with one attached hydrogen (secondary N) is 3. The lowest BCUT2D eigenvalue weighted by Gasteiger charge is -2.29. The van der Waals surface area contributed by atoms with Crippen LogP contribution in [0.15, 0.2) is 36.4 Å². The number of rotatable bonds is 9. The molecule has 36 heavy (non-hydrogen) atoms. The summed E-state index contributed by atoms with van der Waals surface area (Å²) in [6, 6.07) is 9.56. The zero-order chi connectivity index (χ0) is 25.7. The lowest BCUT2D eigenvalue weighted by Crippen LogP contribution is -2.52. The SMILES string of the molecule is COCOc1ccc(OC)cc1CNC(=O)NCc1ccc2c(c1)CN(C1CCC(=O)NC1=O)C2=O. The lowest BCUT2D eigenvalue weighted by molar-refractivity contribution is -0.136. The average molecular weight is 497 g/mol. The summed E-state index contributed by atoms with van der Waals surface area (Å²) < 4.78 is 15.7. The van der Waals surface area contributed by atoms with E-state index in [1.54, 1.807) is 37.4 Å². The van der Waals surface area contributed by atoms with Gasteiger partial charge in [0.05, 0.1) is 7.11 Å². The van der Waals surface area contributed by atoms with Crippen molar-refractivity contribution in [3.63, 3.8) is 0 Å². The van der Waals surface area contributed by atoms with E-state index in [1.165, 1.54) is 12.0 Å². The highest BCUT2D eigenvalue weighted by Crippen LogP contribution is 2.28. The van der Waals surface area contributed by atoms with Gasteiger partial charge < -0.3 is 29.7 Å². The van der Waals surface area contributed by atoms with Crippen molar-refractivity contribution in [1.82, 2.24) is 20.9 Å². The van der Waals surface area contributed by atoms with E-state index >= 15 is 0 Å². The molecule has 190 valence electrons. The average Bonchev–Trinajstić information content (AvgIpc) is 3.20. The van der Waals surface area contributed by atoms with Crippen LogP contribution in [0.4, 0.5) is 4.79 Å². The minimum atomic E-state index is -0.663. The van der Waals surface area contributed by atoms with Crippen LogP contribution < -0.4 is 25.4 Å². The maximum atomic E-state index is 12.8. The van der Waals surface area contributed by atoms with Crippen LogP contribution in [0.5, 0.6) is 11.5 Å². The number of amides is 5. The molecule has 2 aliphatic rings. The van der Waals surface area contributed by atoms with Crippen molar-refractivity contribution in [1.29, 1.82) is 0 Å². The molecule has 2 aliphatic heterocycles. The van der Waals surface area contributed by atoms with Crippen LogP contribution in [0, 0.1) is 0 Å². The smallest absolute Gasteiger partial charge is 0.315 e. The van der Waals surface area contributed by atoms with Crippen molar-refractivity contribution in [2.24, 2.45) is 0 Å². The molecule has 3 N–H and O–H groups in total. The number of benzene rings is 2. The zero-order valence-corrected chi connectivity index (χ0v) is 20.1. The van der Waals surface area contributed by atoms with Gasteiger partial charge in [-0.25, -0.2) is 4.79 Å². The summed E-state index contributed by atoms with van der Waals surface area (Å²) in [4.78, 5) is 50.4. The van der Waals surface area contributed by atoms with Gasteiger partial charge in [-0.3, -0.25) is 19.7 Å². The maximum Gasteiger partial charge on any atom is 0.315 e. The quantitative estimate of drug-likeness (QED) is 0.353. The van der Waals surface area contributed by atoms with Crippen LogP contribution in [0.2, 0.25) is 0 Å². The number of carbonyl (C=O) groups is 4. The summed E-state index contributed by atoms with van der Waals surface area (Å²) in [7, 11) is 3.08. The summed E-state index contributed by atoms with van der Waals surface area (Å²) in [6.07, 6.45) is 0.515. The number of methoxy groups -OCH3 is 2. The third-order valence-corrected chi connectivity index (χ3v) is 6.08. The summed E-state index contributed by atoms with van der Waals surface area (Å²) in [6.45, 7) is 0.812. The maximum absolute atomic E-state index is 12.8. The highest BCUT2D eigenvalue weighted by molar-refractivity contribution is 6.05. The van der Waals surface area contributed by atoms with Crippen LogP contribution in [0.3, 0.4) is 0 Å². The van der Waals surface area contributed by atoms with Gasteiger partial charge in [0.2, 0.25) is 11.8 Å². The Balaban J connectivity index is 1.33. The molecule has 2 heterocycles. The van der Waals surface area contributed by atoms with Gasteiger partial charge in [0.25, 0.3) is 5.91 Å². The Morgan fingerprint density at radius 2 is 1.89 bits per heavy atom. The lowest BCUT2D eigenvalue weighted by atomic mass is 10.0. The first kappa shape index (κ1) is 25.0. The molecule has 5 amide bonds. The largest absolute Gasteiger partial charge is 0.497 e. The minimum Gasteiger partial charge on any atom is -0.497 e. The van der Waals surface area contributed by atoms with Crippen molar-refractivity contribution < 1.29 is 33.4 Å². The first-order chi connectivity index (χ1) is 17.4. The van der Waals surface area contributed by atoms with Crippen LogP contribution in [-0.2, 0) is 34.0 Å². The molecule has 2 aromatic rings. The topological polar surface area (TPSA) is 135 Å². The molecule has 0 saturated carbocycles. The molecule has 0 aliphatic carbocycles. The Labute approximate surface area is 208 Å². The molecule has 1 unspecified atom stereocenters. The Kier molecular flexibility index (Phi) is 7.69. The summed E-state index contributed by atoms with van der Waals surface area (Å²) in [5, 5.41) is 7.89. The highest BCUT2D eigenvalue weighted by Gasteiger charge is 2.39. The van der Waals surface area contributed by atoms with E-state index in [0.717, 1.165) is 16.7 Å². The van der Waals surface area contributed by atoms with Gasteiger partial charge in [0, 0.05) is 44.3 Å². The van der Waals surface area contributed by atoms with Gasteiger partial charge in [-0.1, -0.05) is 12.1 Å². The molecule has 0 spiro atoms. The molecule has 1 saturated heterocycles. The number of hydrogen-bond donors (Lipinski definition) is 3. The number of nitrogens with zero attached hydrogens (tertiary/aromatic N) is 1. The Morgan fingerprint density at radius 3 is 2.64 bits per heavy atom. The van der Waals surface area contributed by atoms with Gasteiger partial charge in [-0.2, -0.15) is 0 Å². The van der Waals surface area contributed by atoms with Crippen molar-refractivity contribution in [2.45, 2.75) is 38.5 Å². The zero-order valence-electron chi connectivity index (χ0n) is 20.1. The summed E-state index contributed by atoms with van der Waals surface area (Å²) in [5.74, 6) is 0.203. The second kappa shape index (κ2) is 11.1. The normalized spacial score (nSPS) is 16.9. The molecular formula is C25H28N4O7. The summed E-state index contributed by atoms with van der Waals surface area (Å²) >= 11 is 0. The third kappa shape index (κ3) is 5.57. The molecule has 4 rings (SSSR count). The van der Waals surface area contributed by atoms with Crippen LogP contribution in [-0.4, -0.2) is 55.7 Å². The standard InChI is InChI=1S/C25H28N4O7/c1-34-14-36-21-7-4-18(35-2)10-16(21)12-27-25(33)26-11-15-3-5-19-17(9-15)13-29(24(19)32)20-6-8-22(30)28-23(20)31/h3-5,7,9-10,20H,6,8,11-14H2,1-2H3,(H2,26,27,33)(H,28,30,31). The highest BCUT2D eigenvalue weighted by atomic mass is 16.7. The molecule has 2 aromatic carbocycles. The minimum absolute atomic E-state index is 0.0767. The molecule has 0 radical (unpaired) electrons. The van der Waals surface area contributed by atoms with Crippen molar-refractivity contribution >= 4 is 23.8 Å². The van der Waals surface area contributed by atoms with Crippen LogP contribution in [0.25, 0.3) is 0 Å². The molecule has 0 aromatic heterocycles. The van der Waals surface area contributed by atoms with E-state index in [4.69, 9.17) is 14.2 Å². The Bertz CT molecular complexity index is 1180. The van der Waals surface area contributed by atoms with Gasteiger partial charge in [0.15, 0.2) is 6.79 Å². The second-order valence-electron chi connectivity index (χ2n) is 8.45. The number of hydrogen-bond acceptors (Lipinski definition) is 7. The number of piperidine rings is 1. The fraction of sp³-hybridized carbons (Fsp3) is 0.360. The molecule has 1 fully saturated rings.